The van der Waals surface area contributed by atoms with Gasteiger partial charge >= 0.3 is 7.60 Å². The Hall–Kier alpha value is -1.64. The lowest BCUT2D eigenvalue weighted by atomic mass is 9.97. The van der Waals surface area contributed by atoms with Gasteiger partial charge in [-0.2, -0.15) is 0 Å². The minimum atomic E-state index is -3.81. The van der Waals surface area contributed by atoms with Crippen molar-refractivity contribution < 1.29 is 18.0 Å². The van der Waals surface area contributed by atoms with Crippen molar-refractivity contribution in [2.75, 3.05) is 18.9 Å². The second-order valence-electron chi connectivity index (χ2n) is 7.71. The molecule has 0 amide bonds. The van der Waals surface area contributed by atoms with Crippen molar-refractivity contribution in [3.8, 4) is 11.6 Å². The van der Waals surface area contributed by atoms with Gasteiger partial charge in [0.1, 0.15) is 16.4 Å². The van der Waals surface area contributed by atoms with Gasteiger partial charge in [-0.15, -0.1) is 0 Å². The van der Waals surface area contributed by atoms with Gasteiger partial charge in [-0.3, -0.25) is 4.57 Å². The molecule has 164 valence electrons. The molecular weight excluding hydrogens is 452 g/mol. The summed E-state index contributed by atoms with van der Waals surface area (Å²) in [5, 5.41) is -0.00591. The number of nitrogens with two attached hydrogens (primary N) is 1. The number of aromatic nitrogens is 4. The predicted molar refractivity (Wildman–Crippen MR) is 117 cm³/mol. The summed E-state index contributed by atoms with van der Waals surface area (Å²) in [6, 6.07) is 0. The zero-order valence-corrected chi connectivity index (χ0v) is 19.8. The molecular formula is C18H24Cl2N5O4P. The molecule has 0 aliphatic heterocycles. The van der Waals surface area contributed by atoms with Crippen LogP contribution in [0.1, 0.15) is 34.6 Å². The third kappa shape index (κ3) is 4.22. The largest absolute Gasteiger partial charge is 0.442 e. The molecule has 0 saturated heterocycles. The molecule has 3 aromatic heterocycles. The lowest BCUT2D eigenvalue weighted by Crippen LogP contribution is -2.16. The van der Waals surface area contributed by atoms with Gasteiger partial charge in [0.2, 0.25) is 5.50 Å². The van der Waals surface area contributed by atoms with Crippen LogP contribution in [0.4, 0.5) is 5.82 Å². The number of anilines is 1. The first-order chi connectivity index (χ1) is 14.0. The molecule has 3 rings (SSSR count). The van der Waals surface area contributed by atoms with Gasteiger partial charge in [0.05, 0.1) is 13.2 Å². The third-order valence-corrected chi connectivity index (χ3v) is 6.98. The van der Waals surface area contributed by atoms with E-state index in [9.17, 15) is 4.57 Å². The fourth-order valence-corrected chi connectivity index (χ4v) is 5.20. The van der Waals surface area contributed by atoms with E-state index >= 15 is 0 Å². The van der Waals surface area contributed by atoms with Crippen LogP contribution in [-0.2, 0) is 20.2 Å². The number of imidazole rings is 1. The Balaban J connectivity index is 2.27. The van der Waals surface area contributed by atoms with Gasteiger partial charge < -0.3 is 23.8 Å². The molecule has 0 saturated carbocycles. The fraction of sp³-hybridized carbons (Fsp3) is 0.500. The van der Waals surface area contributed by atoms with Crippen LogP contribution in [-0.4, -0.2) is 32.7 Å². The Kier molecular flexibility index (Phi) is 6.51. The second-order valence-corrected chi connectivity index (χ2v) is 10.4. The predicted octanol–water partition coefficient (Wildman–Crippen LogP) is 4.91. The first-order valence-electron chi connectivity index (χ1n) is 9.37. The van der Waals surface area contributed by atoms with Crippen LogP contribution in [0.15, 0.2) is 10.7 Å². The second kappa shape index (κ2) is 8.48. The molecule has 12 heteroatoms. The van der Waals surface area contributed by atoms with E-state index in [1.807, 2.05) is 4.57 Å². The molecule has 0 aliphatic rings. The third-order valence-electron chi connectivity index (χ3n) is 4.02. The van der Waals surface area contributed by atoms with E-state index in [0.29, 0.717) is 23.5 Å². The van der Waals surface area contributed by atoms with Crippen molar-refractivity contribution in [2.45, 2.75) is 41.2 Å². The molecule has 0 atom stereocenters. The fourth-order valence-electron chi connectivity index (χ4n) is 2.95. The number of hydrogen-bond acceptors (Lipinski definition) is 8. The van der Waals surface area contributed by atoms with Crippen molar-refractivity contribution in [3.05, 3.63) is 16.4 Å². The average molecular weight is 476 g/mol. The van der Waals surface area contributed by atoms with Gasteiger partial charge in [-0.05, 0) is 19.3 Å². The summed E-state index contributed by atoms with van der Waals surface area (Å²) in [6.07, 6.45) is 1.36. The molecule has 0 aromatic carbocycles. The molecule has 0 bridgehead atoms. The van der Waals surface area contributed by atoms with Crippen LogP contribution in [0.25, 0.3) is 22.7 Å². The number of furan rings is 1. The van der Waals surface area contributed by atoms with Crippen LogP contribution < -0.4 is 11.2 Å². The average Bonchev–Trinajstić information content (AvgIpc) is 3.14. The van der Waals surface area contributed by atoms with Crippen molar-refractivity contribution in [1.29, 1.82) is 0 Å². The van der Waals surface area contributed by atoms with Crippen LogP contribution in [0.5, 0.6) is 0 Å². The van der Waals surface area contributed by atoms with Crippen LogP contribution >= 0.6 is 30.8 Å². The summed E-state index contributed by atoms with van der Waals surface area (Å²) in [6.45, 7) is 10.4. The maximum absolute atomic E-state index is 13.2. The molecule has 3 heterocycles. The quantitative estimate of drug-likeness (QED) is 0.478. The normalized spacial score (nSPS) is 12.8. The maximum atomic E-state index is 13.2. The van der Waals surface area contributed by atoms with Gasteiger partial charge in [0.15, 0.2) is 28.6 Å². The summed E-state index contributed by atoms with van der Waals surface area (Å²) in [5.74, 6) is 0.681. The van der Waals surface area contributed by atoms with E-state index in [0.717, 1.165) is 0 Å². The topological polar surface area (TPSA) is 118 Å². The number of halogens is 2. The summed E-state index contributed by atoms with van der Waals surface area (Å²) in [5.41, 5.74) is 6.62. The standard InChI is InChI=1S/C18H24Cl2N5O4P/c1-6-27-30(26,28-7-2)17-11(20)10(19)13(29-17)16-24-12-14(21)22-9-23-15(12)25(16)8-18(3,4)5/h9H,6-8H2,1-5H3,(H2,21,22,23). The van der Waals surface area contributed by atoms with E-state index < -0.39 is 7.60 Å². The summed E-state index contributed by atoms with van der Waals surface area (Å²) < 4.78 is 31.6. The Bertz CT molecular complexity index is 1110. The first-order valence-corrected chi connectivity index (χ1v) is 11.7. The summed E-state index contributed by atoms with van der Waals surface area (Å²) in [4.78, 5) is 12.9. The Morgan fingerprint density at radius 1 is 1.17 bits per heavy atom. The van der Waals surface area contributed by atoms with Crippen LogP contribution in [0.2, 0.25) is 10.0 Å². The van der Waals surface area contributed by atoms with Gasteiger partial charge in [0, 0.05) is 6.54 Å². The van der Waals surface area contributed by atoms with Crippen molar-refractivity contribution in [3.63, 3.8) is 0 Å². The summed E-state index contributed by atoms with van der Waals surface area (Å²) >= 11 is 12.9. The number of nitrogens with zero attached hydrogens (tertiary/aromatic N) is 4. The van der Waals surface area contributed by atoms with Crippen LogP contribution in [0.3, 0.4) is 0 Å². The minimum absolute atomic E-state index is 0.0447. The van der Waals surface area contributed by atoms with Gasteiger partial charge in [-0.25, -0.2) is 15.0 Å². The highest BCUT2D eigenvalue weighted by molar-refractivity contribution is 7.62. The molecule has 9 nitrogen and oxygen atoms in total. The molecule has 2 N–H and O–H groups in total. The SMILES string of the molecule is CCOP(=O)(OCC)c1oc(-c2nc3c(N)ncnc3n2CC(C)(C)C)c(Cl)c1Cl. The van der Waals surface area contributed by atoms with Crippen molar-refractivity contribution in [1.82, 2.24) is 19.5 Å². The highest BCUT2D eigenvalue weighted by Gasteiger charge is 2.38. The lowest BCUT2D eigenvalue weighted by molar-refractivity contribution is 0.225. The van der Waals surface area contributed by atoms with Crippen molar-refractivity contribution in [2.24, 2.45) is 5.41 Å². The van der Waals surface area contributed by atoms with E-state index in [-0.39, 0.29) is 45.8 Å². The van der Waals surface area contributed by atoms with E-state index in [1.165, 1.54) is 6.33 Å². The lowest BCUT2D eigenvalue weighted by Gasteiger charge is -2.20. The molecule has 0 aliphatic carbocycles. The number of fused-ring (bicyclic) bond motifs is 1. The van der Waals surface area contributed by atoms with E-state index in [2.05, 4.69) is 35.7 Å². The maximum Gasteiger partial charge on any atom is 0.397 e. The van der Waals surface area contributed by atoms with E-state index in [4.69, 9.17) is 42.4 Å². The number of hydrogen-bond donors (Lipinski definition) is 1. The first kappa shape index (κ1) is 23.0. The summed E-state index contributed by atoms with van der Waals surface area (Å²) in [7, 11) is -3.81. The molecule has 0 spiro atoms. The molecule has 0 radical (unpaired) electrons. The smallest absolute Gasteiger partial charge is 0.397 e. The zero-order chi connectivity index (χ0) is 22.3. The van der Waals surface area contributed by atoms with Gasteiger partial charge in [-0.1, -0.05) is 44.0 Å². The Morgan fingerprint density at radius 2 is 1.80 bits per heavy atom. The number of nitrogen functional groups attached to an aromatic ring is 1. The number of rotatable bonds is 7. The highest BCUT2D eigenvalue weighted by Crippen LogP contribution is 2.52. The van der Waals surface area contributed by atoms with Crippen LogP contribution in [0, 0.1) is 5.41 Å². The molecule has 3 aromatic rings. The zero-order valence-electron chi connectivity index (χ0n) is 17.4. The molecule has 0 fully saturated rings. The molecule has 30 heavy (non-hydrogen) atoms. The Labute approximate surface area is 184 Å². The van der Waals surface area contributed by atoms with Crippen molar-refractivity contribution >= 4 is 53.3 Å². The Morgan fingerprint density at radius 3 is 2.37 bits per heavy atom. The highest BCUT2D eigenvalue weighted by atomic mass is 35.5. The monoisotopic (exact) mass is 475 g/mol. The van der Waals surface area contributed by atoms with E-state index in [1.54, 1.807) is 13.8 Å². The minimum Gasteiger partial charge on any atom is -0.442 e. The molecule has 0 unspecified atom stereocenters. The van der Waals surface area contributed by atoms with Gasteiger partial charge in [0.25, 0.3) is 0 Å².